The minimum atomic E-state index is -0.951. The fourth-order valence-electron chi connectivity index (χ4n) is 4.78. The van der Waals surface area contributed by atoms with E-state index >= 15 is 0 Å². The van der Waals surface area contributed by atoms with Crippen LogP contribution < -0.4 is 0 Å². The van der Waals surface area contributed by atoms with Crippen molar-refractivity contribution in [3.05, 3.63) is 118 Å². The van der Waals surface area contributed by atoms with Gasteiger partial charge in [0, 0.05) is 6.08 Å². The molecule has 0 radical (unpaired) electrons. The normalized spacial score (nSPS) is 17.3. The van der Waals surface area contributed by atoms with Gasteiger partial charge in [0.15, 0.2) is 0 Å². The van der Waals surface area contributed by atoms with Crippen LogP contribution in [0.5, 0.6) is 0 Å². The summed E-state index contributed by atoms with van der Waals surface area (Å²) in [7, 11) is 0. The van der Waals surface area contributed by atoms with Gasteiger partial charge in [-0.15, -0.1) is 0 Å². The molecule has 0 fully saturated rings. The molecule has 0 spiro atoms. The minimum Gasteiger partial charge on any atom is -0.478 e. The third-order valence-electron chi connectivity index (χ3n) is 6.92. The average Bonchev–Trinajstić information content (AvgIpc) is 2.79. The van der Waals surface area contributed by atoms with Crippen molar-refractivity contribution >= 4 is 17.1 Å². The van der Waals surface area contributed by atoms with E-state index in [1.165, 1.54) is 35.6 Å². The summed E-state index contributed by atoms with van der Waals surface area (Å²) in [5, 5.41) is 9.44. The van der Waals surface area contributed by atoms with Gasteiger partial charge in [-0.2, -0.15) is 0 Å². The lowest BCUT2D eigenvalue weighted by Crippen LogP contribution is -2.19. The number of aryl methyl sites for hydroxylation is 2. The van der Waals surface area contributed by atoms with E-state index in [4.69, 9.17) is 0 Å². The van der Waals surface area contributed by atoms with Crippen LogP contribution in [0.2, 0.25) is 0 Å². The van der Waals surface area contributed by atoms with Gasteiger partial charge in [-0.1, -0.05) is 103 Å². The largest absolute Gasteiger partial charge is 0.478 e. The molecule has 2 aromatic rings. The molecule has 1 N–H and O–H groups in total. The predicted molar refractivity (Wildman–Crippen MR) is 149 cm³/mol. The van der Waals surface area contributed by atoms with Crippen LogP contribution in [0.1, 0.15) is 69.2 Å². The Labute approximate surface area is 211 Å². The zero-order valence-electron chi connectivity index (χ0n) is 22.0. The van der Waals surface area contributed by atoms with E-state index in [-0.39, 0.29) is 5.41 Å². The molecule has 182 valence electrons. The Morgan fingerprint density at radius 2 is 1.43 bits per heavy atom. The fraction of sp³-hybridized carbons (Fsp3) is 0.303. The minimum absolute atomic E-state index is 0.170. The summed E-state index contributed by atoms with van der Waals surface area (Å²) in [6.07, 6.45) is 13.4. The van der Waals surface area contributed by atoms with Crippen molar-refractivity contribution in [2.24, 2.45) is 5.41 Å². The third-order valence-corrected chi connectivity index (χ3v) is 6.92. The Kier molecular flexibility index (Phi) is 8.51. The summed E-state index contributed by atoms with van der Waals surface area (Å²) in [6, 6.07) is 16.5. The van der Waals surface area contributed by atoms with Gasteiger partial charge in [-0.25, -0.2) is 4.79 Å². The van der Waals surface area contributed by atoms with Gasteiger partial charge in [0.2, 0.25) is 0 Å². The zero-order chi connectivity index (χ0) is 25.6. The third kappa shape index (κ3) is 7.05. The highest BCUT2D eigenvalue weighted by Crippen LogP contribution is 2.41. The lowest BCUT2D eigenvalue weighted by Gasteiger charge is -2.33. The van der Waals surface area contributed by atoms with Crippen LogP contribution in [0.25, 0.3) is 11.1 Å². The summed E-state index contributed by atoms with van der Waals surface area (Å²) >= 11 is 0. The SMILES string of the molecule is CC1=C(/C=C/C(=C(C)/C=C/C(=C/C(=O)O)c2ccc(C)cc2)c2ccc(C)cc2)C(C)(C)CCC1. The van der Waals surface area contributed by atoms with Crippen LogP contribution >= 0.6 is 0 Å². The maximum absolute atomic E-state index is 11.5. The van der Waals surface area contributed by atoms with Gasteiger partial charge in [0.05, 0.1) is 0 Å². The maximum atomic E-state index is 11.5. The highest BCUT2D eigenvalue weighted by molar-refractivity contribution is 5.93. The van der Waals surface area contributed by atoms with Crippen LogP contribution in [0.3, 0.4) is 0 Å². The van der Waals surface area contributed by atoms with Crippen LogP contribution in [0.15, 0.2) is 95.6 Å². The van der Waals surface area contributed by atoms with Crippen LogP contribution in [-0.4, -0.2) is 11.1 Å². The van der Waals surface area contributed by atoms with Crippen molar-refractivity contribution in [3.8, 4) is 0 Å². The van der Waals surface area contributed by atoms with Gasteiger partial charge >= 0.3 is 5.97 Å². The topological polar surface area (TPSA) is 37.3 Å². The van der Waals surface area contributed by atoms with Crippen molar-refractivity contribution < 1.29 is 9.90 Å². The Balaban J connectivity index is 2.07. The summed E-state index contributed by atoms with van der Waals surface area (Å²) in [5.74, 6) is -0.951. The van der Waals surface area contributed by atoms with E-state index < -0.39 is 5.97 Å². The molecule has 0 saturated heterocycles. The quantitative estimate of drug-likeness (QED) is 0.327. The highest BCUT2D eigenvalue weighted by atomic mass is 16.4. The first-order valence-corrected chi connectivity index (χ1v) is 12.4. The van der Waals surface area contributed by atoms with Gasteiger partial charge in [-0.3, -0.25) is 0 Å². The second kappa shape index (κ2) is 11.4. The van der Waals surface area contributed by atoms with Crippen molar-refractivity contribution in [1.29, 1.82) is 0 Å². The number of benzene rings is 2. The van der Waals surface area contributed by atoms with Crippen molar-refractivity contribution in [1.82, 2.24) is 0 Å². The second-order valence-corrected chi connectivity index (χ2v) is 10.4. The van der Waals surface area contributed by atoms with E-state index in [9.17, 15) is 9.90 Å². The molecule has 0 aliphatic heterocycles. The van der Waals surface area contributed by atoms with Crippen molar-refractivity contribution in [3.63, 3.8) is 0 Å². The molecule has 0 aromatic heterocycles. The standard InChI is InChI=1S/C33H38O2/c1-23-9-14-27(15-10-23)29(22-32(34)35)18-13-25(3)30(28-16-11-24(2)12-17-28)19-20-31-26(4)8-7-21-33(31,5)6/h9-20,22H,7-8,21H2,1-6H3,(H,34,35)/b18-13+,20-19+,29-22-,30-25-. The monoisotopic (exact) mass is 466 g/mol. The molecule has 3 rings (SSSR count). The number of carboxylic acid groups (broad SMARTS) is 1. The van der Waals surface area contributed by atoms with Crippen LogP contribution in [-0.2, 0) is 4.79 Å². The molecule has 0 bridgehead atoms. The van der Waals surface area contributed by atoms with Crippen LogP contribution in [0.4, 0.5) is 0 Å². The fourth-order valence-corrected chi connectivity index (χ4v) is 4.78. The number of hydrogen-bond acceptors (Lipinski definition) is 1. The first-order valence-electron chi connectivity index (χ1n) is 12.4. The number of hydrogen-bond donors (Lipinski definition) is 1. The molecular formula is C33H38O2. The Morgan fingerprint density at radius 3 is 1.97 bits per heavy atom. The van der Waals surface area contributed by atoms with Gasteiger partial charge in [-0.05, 0) is 85.8 Å². The number of aliphatic carboxylic acids is 1. The van der Waals surface area contributed by atoms with E-state index in [2.05, 4.69) is 71.0 Å². The lowest BCUT2D eigenvalue weighted by molar-refractivity contribution is -0.131. The van der Waals surface area contributed by atoms with Crippen LogP contribution in [0, 0.1) is 19.3 Å². The van der Waals surface area contributed by atoms with E-state index in [1.54, 1.807) is 0 Å². The molecule has 2 heteroatoms. The molecule has 0 saturated carbocycles. The molecule has 1 aliphatic carbocycles. The van der Waals surface area contributed by atoms with Crippen molar-refractivity contribution in [2.75, 3.05) is 0 Å². The molecule has 0 heterocycles. The molecule has 0 unspecified atom stereocenters. The lowest BCUT2D eigenvalue weighted by atomic mass is 9.72. The average molecular weight is 467 g/mol. The summed E-state index contributed by atoms with van der Waals surface area (Å²) in [4.78, 5) is 11.5. The number of allylic oxidation sites excluding steroid dienone is 9. The number of carboxylic acids is 1. The summed E-state index contributed by atoms with van der Waals surface area (Å²) in [5.41, 5.74) is 10.4. The van der Waals surface area contributed by atoms with Gasteiger partial charge < -0.3 is 5.11 Å². The zero-order valence-corrected chi connectivity index (χ0v) is 22.0. The Hall–Kier alpha value is -3.39. The smallest absolute Gasteiger partial charge is 0.328 e. The molecule has 0 atom stereocenters. The molecular weight excluding hydrogens is 428 g/mol. The summed E-state index contributed by atoms with van der Waals surface area (Å²) < 4.78 is 0. The first kappa shape index (κ1) is 26.2. The van der Waals surface area contributed by atoms with E-state index in [1.807, 2.05) is 43.3 Å². The Morgan fingerprint density at radius 1 is 0.857 bits per heavy atom. The van der Waals surface area contributed by atoms with Gasteiger partial charge in [0.1, 0.15) is 0 Å². The molecule has 2 nitrogen and oxygen atoms in total. The summed E-state index contributed by atoms with van der Waals surface area (Å²) in [6.45, 7) is 13.1. The Bertz CT molecular complexity index is 1210. The van der Waals surface area contributed by atoms with Crippen molar-refractivity contribution in [2.45, 2.75) is 60.8 Å². The van der Waals surface area contributed by atoms with E-state index in [0.717, 1.165) is 34.3 Å². The number of carbonyl (C=O) groups is 1. The maximum Gasteiger partial charge on any atom is 0.328 e. The molecule has 0 amide bonds. The van der Waals surface area contributed by atoms with Gasteiger partial charge in [0.25, 0.3) is 0 Å². The molecule has 35 heavy (non-hydrogen) atoms. The first-order chi connectivity index (χ1) is 16.6. The molecule has 2 aromatic carbocycles. The predicted octanol–water partition coefficient (Wildman–Crippen LogP) is 8.88. The molecule has 1 aliphatic rings. The highest BCUT2D eigenvalue weighted by Gasteiger charge is 2.26. The van der Waals surface area contributed by atoms with E-state index in [0.29, 0.717) is 5.57 Å². The number of rotatable bonds is 7. The second-order valence-electron chi connectivity index (χ2n) is 10.4.